The second-order valence-electron chi connectivity index (χ2n) is 7.50. The van der Waals surface area contributed by atoms with Crippen LogP contribution in [0.2, 0.25) is 0 Å². The molecule has 1 spiro atoms. The molecule has 2 aromatic rings. The first-order chi connectivity index (χ1) is 12.2. The standard InChI is InChI=1S/C22H27NOS/c1-23(2)15-12-22(18-8-4-3-5-9-18)20-11-7-6-10-19(20)21(24-22)13-16-25-17-14-21/h3-11H,12-17H2,1-2H3. The van der Waals surface area contributed by atoms with Gasteiger partial charge in [0.25, 0.3) is 0 Å². The molecule has 2 aliphatic heterocycles. The zero-order valence-corrected chi connectivity index (χ0v) is 16.0. The molecule has 4 rings (SSSR count). The normalized spacial score (nSPS) is 24.6. The van der Waals surface area contributed by atoms with Gasteiger partial charge in [-0.25, -0.2) is 0 Å². The van der Waals surface area contributed by atoms with Gasteiger partial charge in [0.05, 0.1) is 5.60 Å². The monoisotopic (exact) mass is 353 g/mol. The molecule has 0 radical (unpaired) electrons. The van der Waals surface area contributed by atoms with Crippen LogP contribution in [-0.4, -0.2) is 37.0 Å². The van der Waals surface area contributed by atoms with Crippen LogP contribution in [0.3, 0.4) is 0 Å². The van der Waals surface area contributed by atoms with Crippen LogP contribution in [0.5, 0.6) is 0 Å². The van der Waals surface area contributed by atoms with Crippen molar-refractivity contribution < 1.29 is 4.74 Å². The van der Waals surface area contributed by atoms with Crippen molar-refractivity contribution in [2.45, 2.75) is 30.5 Å². The molecule has 2 aliphatic rings. The molecule has 2 aromatic carbocycles. The summed E-state index contributed by atoms with van der Waals surface area (Å²) in [5.74, 6) is 2.37. The van der Waals surface area contributed by atoms with Crippen LogP contribution in [0.15, 0.2) is 54.6 Å². The Balaban J connectivity index is 1.86. The summed E-state index contributed by atoms with van der Waals surface area (Å²) in [6.07, 6.45) is 3.21. The summed E-state index contributed by atoms with van der Waals surface area (Å²) >= 11 is 2.06. The Hall–Kier alpha value is -1.29. The molecular weight excluding hydrogens is 326 g/mol. The average molecular weight is 354 g/mol. The molecule has 132 valence electrons. The van der Waals surface area contributed by atoms with Crippen LogP contribution in [-0.2, 0) is 15.9 Å². The summed E-state index contributed by atoms with van der Waals surface area (Å²) in [5.41, 5.74) is 3.67. The Labute approximate surface area is 155 Å². The molecule has 2 nitrogen and oxygen atoms in total. The number of thioether (sulfide) groups is 1. The molecule has 0 N–H and O–H groups in total. The molecule has 1 fully saturated rings. The summed E-state index contributed by atoms with van der Waals surface area (Å²) in [6.45, 7) is 1.01. The fraction of sp³-hybridized carbons (Fsp3) is 0.455. The van der Waals surface area contributed by atoms with Crippen LogP contribution in [0.1, 0.15) is 36.0 Å². The fourth-order valence-corrected chi connectivity index (χ4v) is 5.53. The van der Waals surface area contributed by atoms with E-state index in [4.69, 9.17) is 4.74 Å². The maximum absolute atomic E-state index is 7.14. The van der Waals surface area contributed by atoms with Gasteiger partial charge in [0.1, 0.15) is 5.60 Å². The fourth-order valence-electron chi connectivity index (χ4n) is 4.38. The van der Waals surface area contributed by atoms with Crippen LogP contribution in [0.25, 0.3) is 0 Å². The highest BCUT2D eigenvalue weighted by Crippen LogP contribution is 2.56. The number of ether oxygens (including phenoxy) is 1. The topological polar surface area (TPSA) is 12.5 Å². The molecular formula is C22H27NOS. The van der Waals surface area contributed by atoms with E-state index in [2.05, 4.69) is 85.4 Å². The third kappa shape index (κ3) is 2.92. The Kier molecular flexibility index (Phi) is 4.65. The lowest BCUT2D eigenvalue weighted by atomic mass is 9.80. The predicted octanol–water partition coefficient (Wildman–Crippen LogP) is 4.63. The lowest BCUT2D eigenvalue weighted by Crippen LogP contribution is -2.38. The first-order valence-corrected chi connectivity index (χ1v) is 10.4. The average Bonchev–Trinajstić information content (AvgIpc) is 2.93. The van der Waals surface area contributed by atoms with Gasteiger partial charge in [0.15, 0.2) is 0 Å². The van der Waals surface area contributed by atoms with Gasteiger partial charge < -0.3 is 9.64 Å². The lowest BCUT2D eigenvalue weighted by molar-refractivity contribution is -0.132. The lowest BCUT2D eigenvalue weighted by Gasteiger charge is -2.39. The maximum Gasteiger partial charge on any atom is 0.121 e. The van der Waals surface area contributed by atoms with Crippen molar-refractivity contribution in [2.24, 2.45) is 0 Å². The van der Waals surface area contributed by atoms with Crippen LogP contribution in [0.4, 0.5) is 0 Å². The van der Waals surface area contributed by atoms with Crippen molar-refractivity contribution >= 4 is 11.8 Å². The number of nitrogens with zero attached hydrogens (tertiary/aromatic N) is 1. The summed E-state index contributed by atoms with van der Waals surface area (Å²) in [5, 5.41) is 0. The summed E-state index contributed by atoms with van der Waals surface area (Å²) < 4.78 is 7.14. The van der Waals surface area contributed by atoms with Gasteiger partial charge in [0, 0.05) is 6.54 Å². The van der Waals surface area contributed by atoms with Gasteiger partial charge in [-0.1, -0.05) is 54.6 Å². The molecule has 0 amide bonds. The predicted molar refractivity (Wildman–Crippen MR) is 106 cm³/mol. The minimum absolute atomic E-state index is 0.107. The van der Waals surface area contributed by atoms with E-state index in [-0.39, 0.29) is 11.2 Å². The maximum atomic E-state index is 7.14. The third-order valence-electron chi connectivity index (χ3n) is 5.67. The molecule has 0 aromatic heterocycles. The highest BCUT2D eigenvalue weighted by Gasteiger charge is 2.53. The number of hydrogen-bond acceptors (Lipinski definition) is 3. The smallest absolute Gasteiger partial charge is 0.121 e. The second kappa shape index (κ2) is 6.79. The third-order valence-corrected chi connectivity index (χ3v) is 6.66. The van der Waals surface area contributed by atoms with E-state index < -0.39 is 0 Å². The first-order valence-electron chi connectivity index (χ1n) is 9.24. The van der Waals surface area contributed by atoms with E-state index in [1.165, 1.54) is 28.2 Å². The van der Waals surface area contributed by atoms with Gasteiger partial charge in [-0.15, -0.1) is 0 Å². The van der Waals surface area contributed by atoms with E-state index in [0.717, 1.165) is 25.8 Å². The molecule has 1 saturated heterocycles. The first kappa shape index (κ1) is 17.1. The van der Waals surface area contributed by atoms with E-state index in [9.17, 15) is 0 Å². The van der Waals surface area contributed by atoms with E-state index in [1.807, 2.05) is 0 Å². The van der Waals surface area contributed by atoms with Crippen LogP contribution >= 0.6 is 11.8 Å². The summed E-state index contributed by atoms with van der Waals surface area (Å²) in [7, 11) is 4.29. The van der Waals surface area contributed by atoms with Crippen LogP contribution < -0.4 is 0 Å². The SMILES string of the molecule is CN(C)CCC1(c2ccccc2)OC2(CCSCC2)c2ccccc21. The van der Waals surface area contributed by atoms with Crippen molar-refractivity contribution in [3.63, 3.8) is 0 Å². The van der Waals surface area contributed by atoms with Crippen molar-refractivity contribution in [3.8, 4) is 0 Å². The highest BCUT2D eigenvalue weighted by atomic mass is 32.2. The molecule has 0 saturated carbocycles. The Morgan fingerprint density at radius 3 is 2.24 bits per heavy atom. The second-order valence-corrected chi connectivity index (χ2v) is 8.73. The Morgan fingerprint density at radius 1 is 0.920 bits per heavy atom. The van der Waals surface area contributed by atoms with Crippen molar-refractivity contribution in [2.75, 3.05) is 32.1 Å². The summed E-state index contributed by atoms with van der Waals surface area (Å²) in [4.78, 5) is 2.26. The zero-order chi connectivity index (χ0) is 17.3. The van der Waals surface area contributed by atoms with Gasteiger partial charge in [-0.2, -0.15) is 11.8 Å². The molecule has 1 atom stereocenters. The minimum Gasteiger partial charge on any atom is -0.354 e. The molecule has 0 bridgehead atoms. The number of benzene rings is 2. The number of fused-ring (bicyclic) bond motifs is 2. The summed E-state index contributed by atoms with van der Waals surface area (Å²) in [6, 6.07) is 19.8. The largest absolute Gasteiger partial charge is 0.354 e. The van der Waals surface area contributed by atoms with Gasteiger partial charge in [-0.3, -0.25) is 0 Å². The van der Waals surface area contributed by atoms with Crippen LogP contribution in [0, 0.1) is 0 Å². The number of hydrogen-bond donors (Lipinski definition) is 0. The zero-order valence-electron chi connectivity index (χ0n) is 15.2. The highest BCUT2D eigenvalue weighted by molar-refractivity contribution is 7.99. The Morgan fingerprint density at radius 2 is 1.56 bits per heavy atom. The van der Waals surface area contributed by atoms with Gasteiger partial charge >= 0.3 is 0 Å². The van der Waals surface area contributed by atoms with Crippen molar-refractivity contribution in [1.82, 2.24) is 4.90 Å². The Bertz CT molecular complexity index is 724. The quantitative estimate of drug-likeness (QED) is 0.795. The van der Waals surface area contributed by atoms with E-state index in [1.54, 1.807) is 0 Å². The molecule has 0 aliphatic carbocycles. The number of rotatable bonds is 4. The molecule has 2 heterocycles. The molecule has 25 heavy (non-hydrogen) atoms. The van der Waals surface area contributed by atoms with Gasteiger partial charge in [-0.05, 0) is 61.6 Å². The van der Waals surface area contributed by atoms with Crippen molar-refractivity contribution in [1.29, 1.82) is 0 Å². The van der Waals surface area contributed by atoms with Gasteiger partial charge in [0.2, 0.25) is 0 Å². The van der Waals surface area contributed by atoms with Crippen molar-refractivity contribution in [3.05, 3.63) is 71.3 Å². The minimum atomic E-state index is -0.329. The van der Waals surface area contributed by atoms with E-state index in [0.29, 0.717) is 0 Å². The molecule has 1 unspecified atom stereocenters. The van der Waals surface area contributed by atoms with E-state index >= 15 is 0 Å². The molecule has 3 heteroatoms.